The summed E-state index contributed by atoms with van der Waals surface area (Å²) >= 11 is 5.93. The largest absolute Gasteiger partial charge is 0.357 e. The normalized spacial score (nSPS) is 11.8. The van der Waals surface area contributed by atoms with Crippen molar-refractivity contribution in [3.05, 3.63) is 34.9 Å². The van der Waals surface area contributed by atoms with Gasteiger partial charge in [-0.15, -0.1) is 0 Å². The molecule has 0 fully saturated rings. The Morgan fingerprint density at radius 3 is 2.63 bits per heavy atom. The van der Waals surface area contributed by atoms with Crippen molar-refractivity contribution in [1.29, 1.82) is 0 Å². The fourth-order valence-electron chi connectivity index (χ4n) is 1.83. The van der Waals surface area contributed by atoms with Crippen molar-refractivity contribution in [2.45, 2.75) is 32.9 Å². The number of carbonyl (C=O) groups excluding carboxylic acids is 2. The zero-order valence-electron chi connectivity index (χ0n) is 11.4. The average molecular weight is 283 g/mol. The molecule has 2 amide bonds. The van der Waals surface area contributed by atoms with E-state index in [1.807, 2.05) is 12.1 Å². The van der Waals surface area contributed by atoms with Gasteiger partial charge in [0.15, 0.2) is 0 Å². The van der Waals surface area contributed by atoms with E-state index in [0.29, 0.717) is 18.0 Å². The highest BCUT2D eigenvalue weighted by molar-refractivity contribution is 6.30. The highest BCUT2D eigenvalue weighted by Gasteiger charge is 2.24. The standard InChI is InChI=1S/C14H19ClN2O2/c1-4-13(18)17(10(2)14(19)16-3)9-11-6-5-7-12(15)8-11/h5-8,10H,4,9H2,1-3H3,(H,16,19)/t10-/m1/s1. The van der Waals surface area contributed by atoms with Crippen molar-refractivity contribution in [2.75, 3.05) is 7.05 Å². The maximum Gasteiger partial charge on any atom is 0.242 e. The Bertz CT molecular complexity index is 463. The molecule has 0 aliphatic heterocycles. The zero-order chi connectivity index (χ0) is 14.4. The van der Waals surface area contributed by atoms with E-state index in [4.69, 9.17) is 11.6 Å². The topological polar surface area (TPSA) is 49.4 Å². The molecule has 0 saturated heterocycles. The molecule has 1 atom stereocenters. The van der Waals surface area contributed by atoms with Gasteiger partial charge < -0.3 is 10.2 Å². The number of hydrogen-bond donors (Lipinski definition) is 1. The highest BCUT2D eigenvalue weighted by atomic mass is 35.5. The lowest BCUT2D eigenvalue weighted by atomic mass is 10.1. The van der Waals surface area contributed by atoms with E-state index < -0.39 is 6.04 Å². The molecule has 0 radical (unpaired) electrons. The maximum atomic E-state index is 12.0. The van der Waals surface area contributed by atoms with Crippen LogP contribution in [0, 0.1) is 0 Å². The Hall–Kier alpha value is -1.55. The molecular formula is C14H19ClN2O2. The van der Waals surface area contributed by atoms with Crippen LogP contribution in [-0.4, -0.2) is 29.8 Å². The number of amides is 2. The van der Waals surface area contributed by atoms with E-state index >= 15 is 0 Å². The van der Waals surface area contributed by atoms with Gasteiger partial charge >= 0.3 is 0 Å². The molecule has 0 bridgehead atoms. The number of nitrogens with zero attached hydrogens (tertiary/aromatic N) is 1. The summed E-state index contributed by atoms with van der Waals surface area (Å²) < 4.78 is 0. The fraction of sp³-hybridized carbons (Fsp3) is 0.429. The number of benzene rings is 1. The van der Waals surface area contributed by atoms with Crippen LogP contribution in [0.4, 0.5) is 0 Å². The number of rotatable bonds is 5. The second-order valence-corrected chi connectivity index (χ2v) is 4.73. The summed E-state index contributed by atoms with van der Waals surface area (Å²) in [5, 5.41) is 3.18. The highest BCUT2D eigenvalue weighted by Crippen LogP contribution is 2.15. The minimum Gasteiger partial charge on any atom is -0.357 e. The number of carbonyl (C=O) groups is 2. The van der Waals surface area contributed by atoms with Gasteiger partial charge in [-0.3, -0.25) is 9.59 Å². The van der Waals surface area contributed by atoms with Gasteiger partial charge in [-0.05, 0) is 24.6 Å². The molecule has 0 aromatic heterocycles. The average Bonchev–Trinajstić information content (AvgIpc) is 2.42. The molecule has 0 heterocycles. The van der Waals surface area contributed by atoms with E-state index in [1.54, 1.807) is 37.9 Å². The van der Waals surface area contributed by atoms with Crippen LogP contribution in [0.2, 0.25) is 5.02 Å². The lowest BCUT2D eigenvalue weighted by molar-refractivity contribution is -0.140. The number of nitrogens with one attached hydrogen (secondary N) is 1. The lowest BCUT2D eigenvalue weighted by Gasteiger charge is -2.28. The van der Waals surface area contributed by atoms with Crippen molar-refractivity contribution >= 4 is 23.4 Å². The Morgan fingerprint density at radius 1 is 1.42 bits per heavy atom. The Morgan fingerprint density at radius 2 is 2.11 bits per heavy atom. The fourth-order valence-corrected chi connectivity index (χ4v) is 2.04. The van der Waals surface area contributed by atoms with Gasteiger partial charge in [0.2, 0.25) is 11.8 Å². The van der Waals surface area contributed by atoms with Crippen molar-refractivity contribution in [3.63, 3.8) is 0 Å². The van der Waals surface area contributed by atoms with E-state index in [-0.39, 0.29) is 11.8 Å². The van der Waals surface area contributed by atoms with Crippen LogP contribution in [0.3, 0.4) is 0 Å². The van der Waals surface area contributed by atoms with Gasteiger partial charge in [0.1, 0.15) is 6.04 Å². The van der Waals surface area contributed by atoms with E-state index in [0.717, 1.165) is 5.56 Å². The van der Waals surface area contributed by atoms with Crippen LogP contribution >= 0.6 is 11.6 Å². The lowest BCUT2D eigenvalue weighted by Crippen LogP contribution is -2.46. The van der Waals surface area contributed by atoms with Crippen LogP contribution < -0.4 is 5.32 Å². The molecule has 0 spiro atoms. The summed E-state index contributed by atoms with van der Waals surface area (Å²) in [6.45, 7) is 3.88. The van der Waals surface area contributed by atoms with Crippen molar-refractivity contribution in [3.8, 4) is 0 Å². The molecule has 104 valence electrons. The van der Waals surface area contributed by atoms with Crippen LogP contribution in [0.5, 0.6) is 0 Å². The van der Waals surface area contributed by atoms with Crippen molar-refractivity contribution in [2.24, 2.45) is 0 Å². The first-order valence-corrected chi connectivity index (χ1v) is 6.62. The minimum absolute atomic E-state index is 0.0592. The smallest absolute Gasteiger partial charge is 0.242 e. The van der Waals surface area contributed by atoms with E-state index in [1.165, 1.54) is 0 Å². The van der Waals surface area contributed by atoms with Crippen LogP contribution in [-0.2, 0) is 16.1 Å². The van der Waals surface area contributed by atoms with Gasteiger partial charge in [0, 0.05) is 25.0 Å². The molecule has 0 saturated carbocycles. The molecule has 1 N–H and O–H groups in total. The first-order chi connectivity index (χ1) is 8.99. The predicted molar refractivity (Wildman–Crippen MR) is 75.8 cm³/mol. The molecule has 19 heavy (non-hydrogen) atoms. The van der Waals surface area contributed by atoms with Gasteiger partial charge in [-0.1, -0.05) is 30.7 Å². The maximum absolute atomic E-state index is 12.0. The van der Waals surface area contributed by atoms with Gasteiger partial charge in [0.05, 0.1) is 0 Å². The third-order valence-electron chi connectivity index (χ3n) is 2.96. The summed E-state index contributed by atoms with van der Waals surface area (Å²) in [5.74, 6) is -0.236. The van der Waals surface area contributed by atoms with Crippen LogP contribution in [0.25, 0.3) is 0 Å². The van der Waals surface area contributed by atoms with Crippen LogP contribution in [0.15, 0.2) is 24.3 Å². The second kappa shape index (κ2) is 7.14. The second-order valence-electron chi connectivity index (χ2n) is 4.30. The van der Waals surface area contributed by atoms with Crippen molar-refractivity contribution in [1.82, 2.24) is 10.2 Å². The molecule has 1 aromatic carbocycles. The predicted octanol–water partition coefficient (Wildman–Crippen LogP) is 2.21. The molecular weight excluding hydrogens is 264 g/mol. The first kappa shape index (κ1) is 15.5. The van der Waals surface area contributed by atoms with Crippen molar-refractivity contribution < 1.29 is 9.59 Å². The Balaban J connectivity index is 2.92. The molecule has 5 heteroatoms. The number of likely N-dealkylation sites (N-methyl/N-ethyl adjacent to an activating group) is 1. The first-order valence-electron chi connectivity index (χ1n) is 6.25. The SMILES string of the molecule is CCC(=O)N(Cc1cccc(Cl)c1)[C@H](C)C(=O)NC. The monoisotopic (exact) mass is 282 g/mol. The Labute approximate surface area is 118 Å². The molecule has 0 aliphatic carbocycles. The molecule has 4 nitrogen and oxygen atoms in total. The minimum atomic E-state index is -0.503. The quantitative estimate of drug-likeness (QED) is 0.900. The third-order valence-corrected chi connectivity index (χ3v) is 3.19. The zero-order valence-corrected chi connectivity index (χ0v) is 12.2. The van der Waals surface area contributed by atoms with Gasteiger partial charge in [0.25, 0.3) is 0 Å². The number of halogens is 1. The summed E-state index contributed by atoms with van der Waals surface area (Å²) in [6.07, 6.45) is 0.363. The van der Waals surface area contributed by atoms with Gasteiger partial charge in [-0.2, -0.15) is 0 Å². The number of hydrogen-bond acceptors (Lipinski definition) is 2. The molecule has 0 unspecified atom stereocenters. The van der Waals surface area contributed by atoms with Gasteiger partial charge in [-0.25, -0.2) is 0 Å². The summed E-state index contributed by atoms with van der Waals surface area (Å²) in [5.41, 5.74) is 0.907. The Kier molecular flexibility index (Phi) is 5.83. The third kappa shape index (κ3) is 4.24. The van der Waals surface area contributed by atoms with E-state index in [9.17, 15) is 9.59 Å². The summed E-state index contributed by atoms with van der Waals surface area (Å²) in [6, 6.07) is 6.79. The summed E-state index contributed by atoms with van der Waals surface area (Å²) in [7, 11) is 1.56. The van der Waals surface area contributed by atoms with E-state index in [2.05, 4.69) is 5.32 Å². The molecule has 0 aliphatic rings. The summed E-state index contributed by atoms with van der Waals surface area (Å²) in [4.78, 5) is 25.2. The van der Waals surface area contributed by atoms with Crippen LogP contribution in [0.1, 0.15) is 25.8 Å². The molecule has 1 aromatic rings. The molecule has 1 rings (SSSR count).